The molecule has 0 aromatic rings. The molecule has 36 atom stereocenters. The Hall–Kier alpha value is -1.91. The number of hydrogen-bond donors (Lipinski definition) is 17. The highest BCUT2D eigenvalue weighted by Gasteiger charge is 2.71. The zero-order chi connectivity index (χ0) is 68.4. The Labute approximate surface area is 545 Å². The molecule has 0 bridgehead atoms. The normalized spacial score (nSPS) is 54.2. The zero-order valence-corrected chi connectivity index (χ0v) is 54.6. The van der Waals surface area contributed by atoms with Gasteiger partial charge in [0, 0.05) is 0 Å². The number of aliphatic hydroxyl groups excluding tert-OH is 17. The maximum Gasteiger partial charge on any atom is 0.315 e. The van der Waals surface area contributed by atoms with E-state index < -0.39 is 227 Å². The number of carbonyl (C=O) groups excluding carboxylic acids is 1. The lowest BCUT2D eigenvalue weighted by atomic mass is 9.33. The van der Waals surface area contributed by atoms with Crippen molar-refractivity contribution in [2.75, 3.05) is 33.0 Å². The largest absolute Gasteiger partial charge is 0.432 e. The smallest absolute Gasteiger partial charge is 0.315 e. The maximum atomic E-state index is 15.3. The second kappa shape index (κ2) is 27.5. The molecule has 0 unspecified atom stereocenters. The fourth-order valence-electron chi connectivity index (χ4n) is 18.8. The summed E-state index contributed by atoms with van der Waals surface area (Å²) in [5.74, 6) is -0.720. The second-order valence-corrected chi connectivity index (χ2v) is 31.0. The van der Waals surface area contributed by atoms with Gasteiger partial charge in [0.1, 0.15) is 128 Å². The molecule has 540 valence electrons. The maximum absolute atomic E-state index is 15.3. The van der Waals surface area contributed by atoms with Gasteiger partial charge in [0.15, 0.2) is 31.5 Å². The molecule has 10 fully saturated rings. The van der Waals surface area contributed by atoms with Crippen LogP contribution in [0, 0.1) is 50.2 Å². The first kappa shape index (κ1) is 73.3. The molecule has 17 N–H and O–H groups in total. The molecule has 0 radical (unpaired) electrons. The van der Waals surface area contributed by atoms with Crippen molar-refractivity contribution in [2.45, 2.75) is 298 Å². The molecule has 4 saturated carbocycles. The van der Waals surface area contributed by atoms with E-state index in [-0.39, 0.29) is 40.6 Å². The average Bonchev–Trinajstić information content (AvgIpc) is 0.676. The molecule has 94 heavy (non-hydrogen) atoms. The first-order chi connectivity index (χ1) is 44.1. The third-order valence-corrected chi connectivity index (χ3v) is 24.8. The van der Waals surface area contributed by atoms with Crippen molar-refractivity contribution >= 4 is 5.97 Å². The Bertz CT molecular complexity index is 2640. The van der Waals surface area contributed by atoms with E-state index in [1.54, 1.807) is 0 Å². The quantitative estimate of drug-likeness (QED) is 0.0421. The van der Waals surface area contributed by atoms with Gasteiger partial charge in [-0.15, -0.1) is 0 Å². The summed E-state index contributed by atoms with van der Waals surface area (Å²) in [5.41, 5.74) is -1.63. The SMILES string of the molecule is C[C@@H]1O[C@@H](O[C@H]2[C@@H](O)[C@@H](O)[C@@H](OC[C@@H]3O[C@H](OC(=O)[C@]45CCC(C)(C)C[C@H]4C4=CC[C@@H]6[C@]7(C)CC[C@@H](O[C@H]8OC[C@@H](O)[C@H](O[C@@H]9O[C@@H](CO)[C@@H](O)[C@H](O)[C@@H]9O)[C@@H]8O[C@@H]8OC[C@H](O)[C@@H](O)[C@@H]8O)C(C)(C)[C@H]7CC[C@]6(C)[C@@]4(C)CC5)[C@@H](O)[C@@H](O)[C@H]3O)O[C@@H]2CO)[C@@H](O)[C@@H](O)[C@H]1O. The summed E-state index contributed by atoms with van der Waals surface area (Å²) in [6.45, 7) is 14.2. The van der Waals surface area contributed by atoms with E-state index in [0.29, 0.717) is 51.4 Å². The van der Waals surface area contributed by atoms with Crippen molar-refractivity contribution in [1.29, 1.82) is 0 Å². The van der Waals surface area contributed by atoms with E-state index >= 15 is 4.79 Å². The highest BCUT2D eigenvalue weighted by atomic mass is 16.8. The van der Waals surface area contributed by atoms with Crippen LogP contribution < -0.4 is 0 Å². The summed E-state index contributed by atoms with van der Waals surface area (Å²) in [4.78, 5) is 15.3. The van der Waals surface area contributed by atoms with Crippen molar-refractivity contribution in [1.82, 2.24) is 0 Å². The lowest BCUT2D eigenvalue weighted by Crippen LogP contribution is -2.67. The molecular formula is C64H104O30. The molecule has 30 nitrogen and oxygen atoms in total. The van der Waals surface area contributed by atoms with Gasteiger partial charge in [0.25, 0.3) is 0 Å². The fourth-order valence-corrected chi connectivity index (χ4v) is 18.8. The van der Waals surface area contributed by atoms with Crippen molar-refractivity contribution < 1.29 is 148 Å². The van der Waals surface area contributed by atoms with Crippen LogP contribution in [-0.2, 0) is 61.6 Å². The van der Waals surface area contributed by atoms with Crippen LogP contribution in [-0.4, -0.2) is 304 Å². The van der Waals surface area contributed by atoms with Crippen molar-refractivity contribution in [3.8, 4) is 0 Å². The van der Waals surface area contributed by atoms with Gasteiger partial charge in [-0.3, -0.25) is 4.79 Å². The van der Waals surface area contributed by atoms with Gasteiger partial charge < -0.3 is 144 Å². The molecule has 6 heterocycles. The highest BCUT2D eigenvalue weighted by molar-refractivity contribution is 5.79. The van der Waals surface area contributed by atoms with Gasteiger partial charge >= 0.3 is 5.97 Å². The van der Waals surface area contributed by atoms with Gasteiger partial charge in [-0.2, -0.15) is 0 Å². The van der Waals surface area contributed by atoms with E-state index in [4.69, 9.17) is 56.8 Å². The first-order valence-corrected chi connectivity index (χ1v) is 33.5. The number of fused-ring (bicyclic) bond motifs is 7. The predicted molar refractivity (Wildman–Crippen MR) is 315 cm³/mol. The third kappa shape index (κ3) is 12.6. The van der Waals surface area contributed by atoms with Gasteiger partial charge in [0.05, 0.1) is 50.7 Å². The molecule has 11 rings (SSSR count). The Morgan fingerprint density at radius 1 is 0.500 bits per heavy atom. The van der Waals surface area contributed by atoms with E-state index in [9.17, 15) is 86.8 Å². The second-order valence-electron chi connectivity index (χ2n) is 31.0. The molecule has 0 aromatic carbocycles. The monoisotopic (exact) mass is 1350 g/mol. The Kier molecular flexibility index (Phi) is 21.4. The summed E-state index contributed by atoms with van der Waals surface area (Å²) in [5, 5.41) is 183. The molecular weight excluding hydrogens is 1250 g/mol. The minimum atomic E-state index is -1.91. The molecule has 0 aromatic heterocycles. The number of carbonyl (C=O) groups is 1. The summed E-state index contributed by atoms with van der Waals surface area (Å²) >= 11 is 0. The number of rotatable bonds is 15. The van der Waals surface area contributed by atoms with Gasteiger partial charge in [0.2, 0.25) is 6.29 Å². The van der Waals surface area contributed by atoms with Crippen LogP contribution in [0.4, 0.5) is 0 Å². The van der Waals surface area contributed by atoms with Crippen LogP contribution in [0.3, 0.4) is 0 Å². The van der Waals surface area contributed by atoms with Crippen LogP contribution in [0.1, 0.15) is 120 Å². The van der Waals surface area contributed by atoms with Crippen molar-refractivity contribution in [3.05, 3.63) is 11.6 Å². The van der Waals surface area contributed by atoms with Crippen LogP contribution in [0.25, 0.3) is 0 Å². The van der Waals surface area contributed by atoms with Crippen LogP contribution >= 0.6 is 0 Å². The summed E-state index contributed by atoms with van der Waals surface area (Å²) < 4.78 is 72.1. The van der Waals surface area contributed by atoms with Gasteiger partial charge in [-0.05, 0) is 116 Å². The van der Waals surface area contributed by atoms with Gasteiger partial charge in [-0.1, -0.05) is 60.1 Å². The molecule has 30 heteroatoms. The Morgan fingerprint density at radius 3 is 1.73 bits per heavy atom. The van der Waals surface area contributed by atoms with Crippen molar-refractivity contribution in [2.24, 2.45) is 50.2 Å². The minimum Gasteiger partial charge on any atom is -0.432 e. The zero-order valence-electron chi connectivity index (χ0n) is 54.6. The Morgan fingerprint density at radius 2 is 1.05 bits per heavy atom. The lowest BCUT2D eigenvalue weighted by molar-refractivity contribution is -0.384. The lowest BCUT2D eigenvalue weighted by Gasteiger charge is -2.71. The highest BCUT2D eigenvalue weighted by Crippen LogP contribution is 2.76. The number of allylic oxidation sites excluding steroid dienone is 2. The van der Waals surface area contributed by atoms with E-state index in [1.165, 1.54) is 12.5 Å². The van der Waals surface area contributed by atoms with Crippen LogP contribution in [0.15, 0.2) is 11.6 Å². The Balaban J connectivity index is 0.786. The van der Waals surface area contributed by atoms with Crippen LogP contribution in [0.5, 0.6) is 0 Å². The van der Waals surface area contributed by atoms with E-state index in [2.05, 4.69) is 54.5 Å². The summed E-state index contributed by atoms with van der Waals surface area (Å²) in [6, 6.07) is 0. The summed E-state index contributed by atoms with van der Waals surface area (Å²) in [7, 11) is 0. The van der Waals surface area contributed by atoms with E-state index in [0.717, 1.165) is 12.8 Å². The molecule has 11 aliphatic rings. The molecule has 6 saturated heterocycles. The molecule has 0 spiro atoms. The predicted octanol–water partition coefficient (Wildman–Crippen LogP) is -4.08. The van der Waals surface area contributed by atoms with Crippen molar-refractivity contribution in [3.63, 3.8) is 0 Å². The number of hydrogen-bond acceptors (Lipinski definition) is 30. The standard InChI is InChI=1S/C64H104O30/c1-25-36(69)40(73)45(78)54(86-25)92-50-31(21-66)88-52(48(81)43(50)76)85-24-32-39(72)42(75)47(80)56(89-32)94-58(82)64-17-15-59(2,3)19-27(64)26-9-10-34-61(6)13-12-35(60(4,5)33(61)11-14-63(34,8)62(26,7)16-18-64)90-57-51(93-53-44(77)37(70)28(67)22-83-53)49(29(68)23-84-57)91-55-46(79)41(74)38(71)30(20-65)87-55/h9,25,27-57,65-81H,10-24H2,1-8H3/t25-,27-,28-,29+,30-,31+,32-,33+,34+,35+,36-,37+,38+,39-,40-,41-,42-,43-,44-,45-,46-,47-,48+,49-,50+,51-,52-,53-,54-,55-,56+,57+,61+,62-,63-,64-/m0/s1. The molecule has 0 amide bonds. The number of aliphatic hydroxyl groups is 17. The van der Waals surface area contributed by atoms with Gasteiger partial charge in [-0.25, -0.2) is 0 Å². The van der Waals surface area contributed by atoms with E-state index in [1.807, 2.05) is 0 Å². The fraction of sp³-hybridized carbons (Fsp3) is 0.953. The number of ether oxygens (including phenoxy) is 12. The van der Waals surface area contributed by atoms with Crippen LogP contribution in [0.2, 0.25) is 0 Å². The molecule has 6 aliphatic heterocycles. The third-order valence-electron chi connectivity index (χ3n) is 24.8. The average molecular weight is 1350 g/mol. The molecule has 5 aliphatic carbocycles. The summed E-state index contributed by atoms with van der Waals surface area (Å²) in [6.07, 6.45) is -37.6. The first-order valence-electron chi connectivity index (χ1n) is 33.5. The minimum absolute atomic E-state index is 0.0630. The topological polar surface area (TPSA) is 472 Å². The number of esters is 1.